The Morgan fingerprint density at radius 1 is 1.42 bits per heavy atom. The zero-order chi connectivity index (χ0) is 13.6. The van der Waals surface area contributed by atoms with E-state index in [1.807, 2.05) is 12.3 Å². The minimum Gasteiger partial charge on any atom is -0.478 e. The van der Waals surface area contributed by atoms with Gasteiger partial charge < -0.3 is 10.1 Å². The summed E-state index contributed by atoms with van der Waals surface area (Å²) in [6.07, 6.45) is 3.66. The molecule has 0 radical (unpaired) electrons. The molecule has 3 rings (SSSR count). The molecular formula is C13H11N3O2S. The fraction of sp³-hybridized carbons (Fsp3) is 0.154. The van der Waals surface area contributed by atoms with Crippen LogP contribution in [0.3, 0.4) is 0 Å². The minimum atomic E-state index is -0.928. The van der Waals surface area contributed by atoms with Gasteiger partial charge in [0.15, 0.2) is 5.16 Å². The van der Waals surface area contributed by atoms with Crippen LogP contribution < -0.4 is 0 Å². The minimum absolute atomic E-state index is 0.307. The molecular weight excluding hydrogens is 262 g/mol. The van der Waals surface area contributed by atoms with Crippen molar-refractivity contribution < 1.29 is 9.90 Å². The highest BCUT2D eigenvalue weighted by atomic mass is 32.2. The molecule has 0 saturated carbocycles. The fourth-order valence-corrected chi connectivity index (χ4v) is 2.58. The van der Waals surface area contributed by atoms with Crippen molar-refractivity contribution in [3.8, 4) is 0 Å². The molecule has 19 heavy (non-hydrogen) atoms. The van der Waals surface area contributed by atoms with Gasteiger partial charge in [-0.1, -0.05) is 23.9 Å². The van der Waals surface area contributed by atoms with Crippen molar-refractivity contribution in [3.05, 3.63) is 29.6 Å². The fourth-order valence-electron chi connectivity index (χ4n) is 2.24. The third-order valence-corrected chi connectivity index (χ3v) is 3.65. The number of rotatable bonds is 2. The van der Waals surface area contributed by atoms with E-state index in [1.54, 1.807) is 19.2 Å². The average molecular weight is 273 g/mol. The Labute approximate surface area is 113 Å². The molecule has 0 spiro atoms. The molecule has 2 aromatic heterocycles. The summed E-state index contributed by atoms with van der Waals surface area (Å²) in [5.41, 5.74) is 2.46. The van der Waals surface area contributed by atoms with Crippen LogP contribution in [0.15, 0.2) is 23.5 Å². The quantitative estimate of drug-likeness (QED) is 0.554. The highest BCUT2D eigenvalue weighted by Crippen LogP contribution is 2.28. The van der Waals surface area contributed by atoms with Crippen molar-refractivity contribution in [2.75, 3.05) is 6.26 Å². The molecule has 0 aliphatic rings. The van der Waals surface area contributed by atoms with E-state index in [4.69, 9.17) is 0 Å². The summed E-state index contributed by atoms with van der Waals surface area (Å²) in [6.45, 7) is 1.76. The average Bonchev–Trinajstić information content (AvgIpc) is 2.74. The van der Waals surface area contributed by atoms with Gasteiger partial charge in [0, 0.05) is 22.7 Å². The third kappa shape index (κ3) is 1.76. The Bertz CT molecular complexity index is 810. The highest BCUT2D eigenvalue weighted by molar-refractivity contribution is 7.98. The molecule has 2 heterocycles. The molecule has 0 atom stereocenters. The number of benzene rings is 1. The summed E-state index contributed by atoms with van der Waals surface area (Å²) >= 11 is 1.46. The number of aromatic nitrogens is 3. The Hall–Kier alpha value is -2.08. The first-order valence-corrected chi connectivity index (χ1v) is 6.89. The van der Waals surface area contributed by atoms with Gasteiger partial charge in [-0.05, 0) is 13.2 Å². The molecule has 0 fully saturated rings. The smallest absolute Gasteiger partial charge is 0.338 e. The van der Waals surface area contributed by atoms with Gasteiger partial charge in [-0.15, -0.1) is 0 Å². The van der Waals surface area contributed by atoms with Gasteiger partial charge in [-0.3, -0.25) is 0 Å². The Morgan fingerprint density at radius 2 is 2.21 bits per heavy atom. The molecule has 1 aromatic carbocycles. The number of carbonyl (C=O) groups is 1. The number of carboxylic acids is 1. The maximum Gasteiger partial charge on any atom is 0.338 e. The molecule has 2 N–H and O–H groups in total. The molecule has 0 saturated heterocycles. The number of H-pyrrole nitrogens is 1. The van der Waals surface area contributed by atoms with E-state index >= 15 is 0 Å². The lowest BCUT2D eigenvalue weighted by Crippen LogP contribution is -1.96. The molecule has 0 amide bonds. The van der Waals surface area contributed by atoms with Crippen LogP contribution >= 0.6 is 11.8 Å². The van der Waals surface area contributed by atoms with Gasteiger partial charge in [0.2, 0.25) is 0 Å². The normalized spacial score (nSPS) is 11.3. The van der Waals surface area contributed by atoms with Gasteiger partial charge in [-0.2, -0.15) is 0 Å². The zero-order valence-corrected chi connectivity index (χ0v) is 11.2. The van der Waals surface area contributed by atoms with Gasteiger partial charge in [0.25, 0.3) is 0 Å². The lowest BCUT2D eigenvalue weighted by atomic mass is 10.1. The zero-order valence-electron chi connectivity index (χ0n) is 10.4. The van der Waals surface area contributed by atoms with Gasteiger partial charge in [0.1, 0.15) is 0 Å². The summed E-state index contributed by atoms with van der Waals surface area (Å²) in [5, 5.41) is 11.5. The number of carboxylic acid groups (broad SMARTS) is 1. The van der Waals surface area contributed by atoms with Crippen LogP contribution in [0, 0.1) is 6.92 Å². The van der Waals surface area contributed by atoms with Crippen molar-refractivity contribution in [3.63, 3.8) is 0 Å². The number of aromatic amines is 1. The lowest BCUT2D eigenvalue weighted by Gasteiger charge is -2.01. The summed E-state index contributed by atoms with van der Waals surface area (Å²) in [6, 6.07) is 3.65. The second kappa shape index (κ2) is 4.24. The third-order valence-electron chi connectivity index (χ3n) is 3.08. The van der Waals surface area contributed by atoms with Crippen LogP contribution in [0.2, 0.25) is 0 Å². The summed E-state index contributed by atoms with van der Waals surface area (Å²) in [7, 11) is 0. The molecule has 5 nitrogen and oxygen atoms in total. The summed E-state index contributed by atoms with van der Waals surface area (Å²) in [5.74, 6) is -0.928. The van der Waals surface area contributed by atoms with E-state index in [2.05, 4.69) is 15.0 Å². The first-order chi connectivity index (χ1) is 9.11. The lowest BCUT2D eigenvalue weighted by molar-refractivity contribution is 0.0698. The van der Waals surface area contributed by atoms with E-state index in [9.17, 15) is 9.90 Å². The van der Waals surface area contributed by atoms with E-state index in [-0.39, 0.29) is 0 Å². The molecule has 96 valence electrons. The van der Waals surface area contributed by atoms with Crippen LogP contribution in [0.4, 0.5) is 0 Å². The number of aryl methyl sites for hydroxylation is 1. The number of nitrogens with zero attached hydrogens (tertiary/aromatic N) is 2. The SMILES string of the molecule is CSc1ncc2ccc3c(C(=O)O)c(C)[nH]c3c2n1. The molecule has 0 aliphatic heterocycles. The van der Waals surface area contributed by atoms with Crippen LogP contribution in [-0.4, -0.2) is 32.3 Å². The molecule has 3 aromatic rings. The van der Waals surface area contributed by atoms with Gasteiger partial charge in [0.05, 0.1) is 16.6 Å². The highest BCUT2D eigenvalue weighted by Gasteiger charge is 2.17. The van der Waals surface area contributed by atoms with Crippen LogP contribution in [0.5, 0.6) is 0 Å². The predicted molar refractivity (Wildman–Crippen MR) is 74.9 cm³/mol. The summed E-state index contributed by atoms with van der Waals surface area (Å²) in [4.78, 5) is 23.1. The number of thioether (sulfide) groups is 1. The number of hydrogen-bond acceptors (Lipinski definition) is 4. The van der Waals surface area contributed by atoms with Gasteiger partial charge >= 0.3 is 5.97 Å². The molecule has 0 bridgehead atoms. The van der Waals surface area contributed by atoms with Crippen molar-refractivity contribution in [2.24, 2.45) is 0 Å². The van der Waals surface area contributed by atoms with E-state index < -0.39 is 5.97 Å². The number of aromatic carboxylic acids is 1. The topological polar surface area (TPSA) is 78.9 Å². The van der Waals surface area contributed by atoms with Crippen molar-refractivity contribution in [2.45, 2.75) is 12.1 Å². The Balaban J connectivity index is 2.46. The van der Waals surface area contributed by atoms with Crippen LogP contribution in [0.25, 0.3) is 21.8 Å². The number of hydrogen-bond donors (Lipinski definition) is 2. The predicted octanol–water partition coefficient (Wildman–Crippen LogP) is 2.84. The molecule has 0 aliphatic carbocycles. The van der Waals surface area contributed by atoms with E-state index in [0.29, 0.717) is 21.8 Å². The largest absolute Gasteiger partial charge is 0.478 e. The number of nitrogens with one attached hydrogen (secondary N) is 1. The summed E-state index contributed by atoms with van der Waals surface area (Å²) < 4.78 is 0. The monoisotopic (exact) mass is 273 g/mol. The molecule has 6 heteroatoms. The second-order valence-electron chi connectivity index (χ2n) is 4.21. The van der Waals surface area contributed by atoms with Crippen molar-refractivity contribution in [1.82, 2.24) is 15.0 Å². The van der Waals surface area contributed by atoms with Gasteiger partial charge in [-0.25, -0.2) is 14.8 Å². The van der Waals surface area contributed by atoms with E-state index in [1.165, 1.54) is 11.8 Å². The maximum atomic E-state index is 11.3. The van der Waals surface area contributed by atoms with E-state index in [0.717, 1.165) is 16.4 Å². The molecule has 0 unspecified atom stereocenters. The van der Waals surface area contributed by atoms with Crippen LogP contribution in [-0.2, 0) is 0 Å². The number of fused-ring (bicyclic) bond motifs is 3. The first-order valence-electron chi connectivity index (χ1n) is 5.67. The standard InChI is InChI=1S/C13H11N3O2S/c1-6-9(12(17)18)8-4-3-7-5-14-13(19-2)16-10(7)11(8)15-6/h3-5,15H,1-2H3,(H,17,18). The van der Waals surface area contributed by atoms with Crippen molar-refractivity contribution >= 4 is 39.5 Å². The Kier molecular flexibility index (Phi) is 2.67. The van der Waals surface area contributed by atoms with Crippen molar-refractivity contribution in [1.29, 1.82) is 0 Å². The Morgan fingerprint density at radius 3 is 2.89 bits per heavy atom. The first kappa shape index (κ1) is 12.0. The maximum absolute atomic E-state index is 11.3. The van der Waals surface area contributed by atoms with Crippen LogP contribution in [0.1, 0.15) is 16.1 Å². The second-order valence-corrected chi connectivity index (χ2v) is 4.99.